The molecule has 0 spiro atoms. The zero-order valence-electron chi connectivity index (χ0n) is 12.6. The summed E-state index contributed by atoms with van der Waals surface area (Å²) >= 11 is 0. The van der Waals surface area contributed by atoms with Gasteiger partial charge in [-0.3, -0.25) is 0 Å². The quantitative estimate of drug-likeness (QED) is 0.457. The molecular formula is C15H19FIN5O. The van der Waals surface area contributed by atoms with Crippen LogP contribution in [0.25, 0.3) is 5.69 Å². The first-order chi connectivity index (χ1) is 10.7. The fraction of sp³-hybridized carbons (Fsp3) is 0.333. The molecule has 1 fully saturated rings. The summed E-state index contributed by atoms with van der Waals surface area (Å²) in [5, 5.41) is 4.42. The van der Waals surface area contributed by atoms with Gasteiger partial charge in [0.05, 0.1) is 31.1 Å². The van der Waals surface area contributed by atoms with Crippen LogP contribution in [0.15, 0.2) is 41.5 Å². The van der Waals surface area contributed by atoms with Crippen molar-refractivity contribution in [2.75, 3.05) is 26.3 Å². The van der Waals surface area contributed by atoms with Gasteiger partial charge in [0, 0.05) is 19.3 Å². The van der Waals surface area contributed by atoms with Crippen molar-refractivity contribution in [1.29, 1.82) is 0 Å². The summed E-state index contributed by atoms with van der Waals surface area (Å²) in [6.07, 6.45) is 1.82. The molecule has 0 saturated carbocycles. The molecule has 0 radical (unpaired) electrons. The topological polar surface area (TPSA) is 68.7 Å². The SMILES string of the molecule is I.NC(=NCc1ccn(-c2ccc(F)cc2)n1)N1CCOCC1. The van der Waals surface area contributed by atoms with Crippen LogP contribution in [0.5, 0.6) is 0 Å². The molecule has 1 saturated heterocycles. The molecule has 0 amide bonds. The van der Waals surface area contributed by atoms with Crippen molar-refractivity contribution in [3.8, 4) is 5.69 Å². The Kier molecular flexibility index (Phi) is 6.34. The Morgan fingerprint density at radius 1 is 1.22 bits per heavy atom. The Morgan fingerprint density at radius 2 is 1.91 bits per heavy atom. The largest absolute Gasteiger partial charge is 0.378 e. The first-order valence-electron chi connectivity index (χ1n) is 7.15. The van der Waals surface area contributed by atoms with Crippen molar-refractivity contribution in [2.45, 2.75) is 6.54 Å². The second kappa shape index (κ2) is 8.25. The van der Waals surface area contributed by atoms with Gasteiger partial charge in [-0.1, -0.05) is 0 Å². The molecule has 124 valence electrons. The van der Waals surface area contributed by atoms with Crippen molar-refractivity contribution in [3.63, 3.8) is 0 Å². The zero-order valence-corrected chi connectivity index (χ0v) is 14.9. The number of nitrogens with zero attached hydrogens (tertiary/aromatic N) is 4. The van der Waals surface area contributed by atoms with Gasteiger partial charge in [0.25, 0.3) is 0 Å². The molecule has 8 heteroatoms. The van der Waals surface area contributed by atoms with E-state index in [2.05, 4.69) is 10.1 Å². The summed E-state index contributed by atoms with van der Waals surface area (Å²) in [4.78, 5) is 6.37. The van der Waals surface area contributed by atoms with E-state index in [9.17, 15) is 4.39 Å². The summed E-state index contributed by atoms with van der Waals surface area (Å²) in [7, 11) is 0. The smallest absolute Gasteiger partial charge is 0.191 e. The minimum absolute atomic E-state index is 0. The molecule has 6 nitrogen and oxygen atoms in total. The van der Waals surface area contributed by atoms with Crippen LogP contribution in [0.4, 0.5) is 4.39 Å². The number of rotatable bonds is 3. The van der Waals surface area contributed by atoms with Crippen LogP contribution in [0.2, 0.25) is 0 Å². The van der Waals surface area contributed by atoms with Gasteiger partial charge in [0.15, 0.2) is 5.96 Å². The molecule has 1 aromatic heterocycles. The Morgan fingerprint density at radius 3 is 2.61 bits per heavy atom. The van der Waals surface area contributed by atoms with E-state index in [4.69, 9.17) is 10.5 Å². The normalized spacial score (nSPS) is 15.3. The van der Waals surface area contributed by atoms with E-state index in [0.29, 0.717) is 25.7 Å². The first-order valence-corrected chi connectivity index (χ1v) is 7.15. The van der Waals surface area contributed by atoms with Gasteiger partial charge in [-0.25, -0.2) is 14.1 Å². The predicted molar refractivity (Wildman–Crippen MR) is 96.7 cm³/mol. The second-order valence-electron chi connectivity index (χ2n) is 5.00. The lowest BCUT2D eigenvalue weighted by Gasteiger charge is -2.27. The molecule has 0 aliphatic carbocycles. The fourth-order valence-corrected chi connectivity index (χ4v) is 2.24. The van der Waals surface area contributed by atoms with Gasteiger partial charge in [-0.2, -0.15) is 5.10 Å². The molecule has 0 bridgehead atoms. The van der Waals surface area contributed by atoms with Crippen LogP contribution in [0.3, 0.4) is 0 Å². The number of aliphatic imine (C=N–C) groups is 1. The number of hydrogen-bond donors (Lipinski definition) is 1. The highest BCUT2D eigenvalue weighted by atomic mass is 127. The number of guanidine groups is 1. The van der Waals surface area contributed by atoms with Gasteiger partial charge in [0.2, 0.25) is 0 Å². The average molecular weight is 431 g/mol. The Labute approximate surface area is 151 Å². The van der Waals surface area contributed by atoms with Crippen LogP contribution in [0, 0.1) is 5.82 Å². The van der Waals surface area contributed by atoms with Crippen LogP contribution in [0.1, 0.15) is 5.69 Å². The zero-order chi connectivity index (χ0) is 15.4. The summed E-state index contributed by atoms with van der Waals surface area (Å²) in [5.41, 5.74) is 7.58. The number of aromatic nitrogens is 2. The molecule has 0 unspecified atom stereocenters. The van der Waals surface area contributed by atoms with E-state index in [-0.39, 0.29) is 29.8 Å². The minimum atomic E-state index is -0.265. The lowest BCUT2D eigenvalue weighted by molar-refractivity contribution is 0.0674. The lowest BCUT2D eigenvalue weighted by atomic mass is 10.3. The van der Waals surface area contributed by atoms with Gasteiger partial charge in [-0.15, -0.1) is 24.0 Å². The van der Waals surface area contributed by atoms with Gasteiger partial charge in [0.1, 0.15) is 5.82 Å². The predicted octanol–water partition coefficient (Wildman–Crippen LogP) is 1.78. The Balaban J connectivity index is 0.00000192. The highest BCUT2D eigenvalue weighted by Crippen LogP contribution is 2.09. The second-order valence-corrected chi connectivity index (χ2v) is 5.00. The Hall–Kier alpha value is -1.68. The van der Waals surface area contributed by atoms with E-state index in [1.807, 2.05) is 17.2 Å². The Bertz CT molecular complexity index is 652. The van der Waals surface area contributed by atoms with Crippen molar-refractivity contribution in [3.05, 3.63) is 48.0 Å². The van der Waals surface area contributed by atoms with Gasteiger partial charge < -0.3 is 15.4 Å². The molecule has 3 rings (SSSR count). The molecule has 1 aliphatic rings. The molecule has 23 heavy (non-hydrogen) atoms. The third-order valence-corrected chi connectivity index (χ3v) is 3.47. The van der Waals surface area contributed by atoms with Crippen molar-refractivity contribution >= 4 is 29.9 Å². The van der Waals surface area contributed by atoms with Crippen LogP contribution in [-0.4, -0.2) is 46.9 Å². The number of hydrogen-bond acceptors (Lipinski definition) is 3. The molecule has 1 aliphatic heterocycles. The highest BCUT2D eigenvalue weighted by Gasteiger charge is 2.12. The number of benzene rings is 1. The van der Waals surface area contributed by atoms with Crippen molar-refractivity contribution in [1.82, 2.24) is 14.7 Å². The van der Waals surface area contributed by atoms with Crippen molar-refractivity contribution in [2.24, 2.45) is 10.7 Å². The highest BCUT2D eigenvalue weighted by molar-refractivity contribution is 14.0. The first kappa shape index (κ1) is 17.7. The summed E-state index contributed by atoms with van der Waals surface area (Å²) in [5.74, 6) is 0.249. The summed E-state index contributed by atoms with van der Waals surface area (Å²) < 4.78 is 19.9. The maximum absolute atomic E-state index is 12.9. The molecule has 2 heterocycles. The lowest BCUT2D eigenvalue weighted by Crippen LogP contribution is -2.44. The summed E-state index contributed by atoms with van der Waals surface area (Å²) in [6, 6.07) is 8.05. The molecule has 0 atom stereocenters. The van der Waals surface area contributed by atoms with Gasteiger partial charge in [-0.05, 0) is 30.3 Å². The summed E-state index contributed by atoms with van der Waals surface area (Å²) in [6.45, 7) is 3.29. The number of ether oxygens (including phenoxy) is 1. The molecular weight excluding hydrogens is 412 g/mol. The minimum Gasteiger partial charge on any atom is -0.378 e. The molecule has 2 N–H and O–H groups in total. The van der Waals surface area contributed by atoms with Gasteiger partial charge >= 0.3 is 0 Å². The third kappa shape index (κ3) is 4.64. The molecule has 1 aromatic carbocycles. The number of halogens is 2. The van der Waals surface area contributed by atoms with E-state index in [0.717, 1.165) is 24.5 Å². The van der Waals surface area contributed by atoms with Crippen LogP contribution < -0.4 is 5.73 Å². The third-order valence-electron chi connectivity index (χ3n) is 3.47. The molecule has 2 aromatic rings. The monoisotopic (exact) mass is 431 g/mol. The maximum Gasteiger partial charge on any atom is 0.191 e. The van der Waals surface area contributed by atoms with Crippen LogP contribution >= 0.6 is 24.0 Å². The fourth-order valence-electron chi connectivity index (χ4n) is 2.24. The number of morpholine rings is 1. The maximum atomic E-state index is 12.9. The average Bonchev–Trinajstić information content (AvgIpc) is 3.03. The van der Waals surface area contributed by atoms with Crippen LogP contribution in [-0.2, 0) is 11.3 Å². The van der Waals surface area contributed by atoms with E-state index < -0.39 is 0 Å². The van der Waals surface area contributed by atoms with Crippen molar-refractivity contribution < 1.29 is 9.13 Å². The number of nitrogens with two attached hydrogens (primary N) is 1. The van der Waals surface area contributed by atoms with E-state index >= 15 is 0 Å². The standard InChI is InChI=1S/C15H18FN5O.HI/c16-12-1-3-14(4-2-12)21-6-5-13(19-21)11-18-15(17)20-7-9-22-10-8-20;/h1-6H,7-11H2,(H2,17,18);1H. The van der Waals surface area contributed by atoms with E-state index in [1.165, 1.54) is 12.1 Å². The van der Waals surface area contributed by atoms with E-state index in [1.54, 1.807) is 16.8 Å².